The van der Waals surface area contributed by atoms with Crippen LogP contribution in [0.2, 0.25) is 0 Å². The second-order valence-electron chi connectivity index (χ2n) is 6.69. The predicted octanol–water partition coefficient (Wildman–Crippen LogP) is 1.45. The van der Waals surface area contributed by atoms with E-state index in [1.807, 2.05) is 17.7 Å². The van der Waals surface area contributed by atoms with E-state index in [-0.39, 0.29) is 6.10 Å². The summed E-state index contributed by atoms with van der Waals surface area (Å²) in [4.78, 5) is 6.39. The van der Waals surface area contributed by atoms with Crippen LogP contribution in [0.1, 0.15) is 25.3 Å². The SMILES string of the molecule is C[C@H](O)CN1CCC(CNCc2ccccc2-n2cncn2)CC1. The first kappa shape index (κ1) is 17.1. The number of aromatic nitrogens is 3. The highest BCUT2D eigenvalue weighted by atomic mass is 16.3. The molecule has 1 atom stereocenters. The van der Waals surface area contributed by atoms with E-state index in [2.05, 4.69) is 38.5 Å². The van der Waals surface area contributed by atoms with Crippen molar-refractivity contribution in [3.63, 3.8) is 0 Å². The molecular formula is C18H27N5O. The van der Waals surface area contributed by atoms with Crippen molar-refractivity contribution in [2.75, 3.05) is 26.2 Å². The number of nitrogens with zero attached hydrogens (tertiary/aromatic N) is 4. The molecule has 1 aromatic heterocycles. The Hall–Kier alpha value is -1.76. The molecule has 24 heavy (non-hydrogen) atoms. The average Bonchev–Trinajstić information content (AvgIpc) is 3.11. The van der Waals surface area contributed by atoms with Crippen molar-refractivity contribution in [3.05, 3.63) is 42.5 Å². The van der Waals surface area contributed by atoms with E-state index in [9.17, 15) is 5.11 Å². The fourth-order valence-electron chi connectivity index (χ4n) is 3.37. The quantitative estimate of drug-likeness (QED) is 0.805. The molecule has 0 bridgehead atoms. The van der Waals surface area contributed by atoms with Gasteiger partial charge in [-0.1, -0.05) is 18.2 Å². The summed E-state index contributed by atoms with van der Waals surface area (Å²) in [6.45, 7) is 6.71. The summed E-state index contributed by atoms with van der Waals surface area (Å²) in [6, 6.07) is 8.29. The van der Waals surface area contributed by atoms with Gasteiger partial charge in [-0.15, -0.1) is 0 Å². The highest BCUT2D eigenvalue weighted by Gasteiger charge is 2.19. The Balaban J connectivity index is 1.46. The van der Waals surface area contributed by atoms with Crippen LogP contribution in [0.15, 0.2) is 36.9 Å². The van der Waals surface area contributed by atoms with Crippen LogP contribution in [0.25, 0.3) is 5.69 Å². The fourth-order valence-corrected chi connectivity index (χ4v) is 3.37. The van der Waals surface area contributed by atoms with Crippen LogP contribution in [-0.4, -0.2) is 57.1 Å². The van der Waals surface area contributed by atoms with Gasteiger partial charge in [-0.3, -0.25) is 0 Å². The van der Waals surface area contributed by atoms with E-state index in [1.54, 1.807) is 12.7 Å². The molecular weight excluding hydrogens is 302 g/mol. The van der Waals surface area contributed by atoms with Gasteiger partial charge in [0.15, 0.2) is 0 Å². The number of β-amino-alcohol motifs (C(OH)–C–C–N with tert-alkyl or cyclic N) is 1. The first-order valence-electron chi connectivity index (χ1n) is 8.76. The molecule has 1 aromatic carbocycles. The van der Waals surface area contributed by atoms with Crippen LogP contribution in [0.3, 0.4) is 0 Å². The Morgan fingerprint density at radius 3 is 2.79 bits per heavy atom. The monoisotopic (exact) mass is 329 g/mol. The minimum atomic E-state index is -0.229. The molecule has 1 fully saturated rings. The lowest BCUT2D eigenvalue weighted by Gasteiger charge is -2.32. The van der Waals surface area contributed by atoms with Crippen molar-refractivity contribution in [2.24, 2.45) is 5.92 Å². The van der Waals surface area contributed by atoms with Gasteiger partial charge in [-0.05, 0) is 56.9 Å². The lowest BCUT2D eigenvalue weighted by atomic mass is 9.96. The maximum absolute atomic E-state index is 9.48. The van der Waals surface area contributed by atoms with Crippen molar-refractivity contribution in [3.8, 4) is 5.69 Å². The lowest BCUT2D eigenvalue weighted by molar-refractivity contribution is 0.0998. The maximum Gasteiger partial charge on any atom is 0.138 e. The Labute approximate surface area is 143 Å². The minimum Gasteiger partial charge on any atom is -0.392 e. The van der Waals surface area contributed by atoms with E-state index >= 15 is 0 Å². The number of benzene rings is 1. The van der Waals surface area contributed by atoms with Gasteiger partial charge in [0.2, 0.25) is 0 Å². The molecule has 0 radical (unpaired) electrons. The number of aliphatic hydroxyl groups excluding tert-OH is 1. The van der Waals surface area contributed by atoms with Gasteiger partial charge in [0, 0.05) is 13.1 Å². The van der Waals surface area contributed by atoms with Crippen LogP contribution in [0, 0.1) is 5.92 Å². The molecule has 1 aliphatic rings. The van der Waals surface area contributed by atoms with Gasteiger partial charge in [-0.2, -0.15) is 5.10 Å². The Bertz CT molecular complexity index is 606. The number of aliphatic hydroxyl groups is 1. The van der Waals surface area contributed by atoms with Crippen molar-refractivity contribution >= 4 is 0 Å². The predicted molar refractivity (Wildman–Crippen MR) is 93.9 cm³/mol. The number of nitrogens with one attached hydrogen (secondary N) is 1. The second kappa shape index (κ2) is 8.37. The molecule has 0 spiro atoms. The average molecular weight is 329 g/mol. The topological polar surface area (TPSA) is 66.2 Å². The molecule has 130 valence electrons. The van der Waals surface area contributed by atoms with Gasteiger partial charge in [-0.25, -0.2) is 9.67 Å². The van der Waals surface area contributed by atoms with Gasteiger partial charge in [0.25, 0.3) is 0 Å². The zero-order chi connectivity index (χ0) is 16.8. The van der Waals surface area contributed by atoms with Crippen molar-refractivity contribution in [1.82, 2.24) is 25.0 Å². The molecule has 6 nitrogen and oxygen atoms in total. The number of likely N-dealkylation sites (tertiary alicyclic amines) is 1. The summed E-state index contributed by atoms with van der Waals surface area (Å²) >= 11 is 0. The van der Waals surface area contributed by atoms with E-state index in [0.717, 1.165) is 38.4 Å². The zero-order valence-electron chi connectivity index (χ0n) is 14.3. The molecule has 0 aliphatic carbocycles. The number of hydrogen-bond acceptors (Lipinski definition) is 5. The molecule has 1 saturated heterocycles. The molecule has 2 aromatic rings. The summed E-state index contributed by atoms with van der Waals surface area (Å²) in [7, 11) is 0. The van der Waals surface area contributed by atoms with Crippen LogP contribution in [0.5, 0.6) is 0 Å². The Kier molecular flexibility index (Phi) is 5.96. The fraction of sp³-hybridized carbons (Fsp3) is 0.556. The number of para-hydroxylation sites is 1. The zero-order valence-corrected chi connectivity index (χ0v) is 14.3. The Morgan fingerprint density at radius 1 is 1.29 bits per heavy atom. The third kappa shape index (κ3) is 4.63. The van der Waals surface area contributed by atoms with Crippen LogP contribution in [0.4, 0.5) is 0 Å². The molecule has 2 heterocycles. The summed E-state index contributed by atoms with van der Waals surface area (Å²) in [5.74, 6) is 0.716. The molecule has 1 aliphatic heterocycles. The van der Waals surface area contributed by atoms with Gasteiger partial charge >= 0.3 is 0 Å². The standard InChI is InChI=1S/C18H27N5O/c1-15(24)12-22-8-6-16(7-9-22)10-19-11-17-4-2-3-5-18(17)23-14-20-13-21-23/h2-5,13-16,19,24H,6-12H2,1H3/t15-/m0/s1. The molecule has 2 N–H and O–H groups in total. The highest BCUT2D eigenvalue weighted by molar-refractivity contribution is 5.39. The van der Waals surface area contributed by atoms with E-state index in [4.69, 9.17) is 0 Å². The number of piperidine rings is 1. The number of hydrogen-bond donors (Lipinski definition) is 2. The van der Waals surface area contributed by atoms with Crippen molar-refractivity contribution in [1.29, 1.82) is 0 Å². The van der Waals surface area contributed by atoms with Crippen LogP contribution in [-0.2, 0) is 6.54 Å². The molecule has 6 heteroatoms. The minimum absolute atomic E-state index is 0.229. The highest BCUT2D eigenvalue weighted by Crippen LogP contribution is 2.17. The smallest absolute Gasteiger partial charge is 0.138 e. The largest absolute Gasteiger partial charge is 0.392 e. The van der Waals surface area contributed by atoms with Crippen molar-refractivity contribution < 1.29 is 5.11 Å². The Morgan fingerprint density at radius 2 is 2.08 bits per heavy atom. The number of rotatable bonds is 7. The first-order valence-corrected chi connectivity index (χ1v) is 8.76. The molecule has 0 unspecified atom stereocenters. The second-order valence-corrected chi connectivity index (χ2v) is 6.69. The van der Waals surface area contributed by atoms with Gasteiger partial charge in [0.05, 0.1) is 11.8 Å². The lowest BCUT2D eigenvalue weighted by Crippen LogP contribution is -2.40. The van der Waals surface area contributed by atoms with Crippen LogP contribution >= 0.6 is 0 Å². The third-order valence-corrected chi connectivity index (χ3v) is 4.64. The molecule has 0 amide bonds. The van der Waals surface area contributed by atoms with E-state index < -0.39 is 0 Å². The van der Waals surface area contributed by atoms with Gasteiger partial charge in [0.1, 0.15) is 12.7 Å². The summed E-state index contributed by atoms with van der Waals surface area (Å²) in [6.07, 6.45) is 5.46. The summed E-state index contributed by atoms with van der Waals surface area (Å²) in [5, 5.41) is 17.3. The van der Waals surface area contributed by atoms with E-state index in [1.165, 1.54) is 18.4 Å². The van der Waals surface area contributed by atoms with Crippen LogP contribution < -0.4 is 5.32 Å². The first-order chi connectivity index (χ1) is 11.7. The molecule has 3 rings (SSSR count). The van der Waals surface area contributed by atoms with Gasteiger partial charge < -0.3 is 15.3 Å². The summed E-state index contributed by atoms with van der Waals surface area (Å²) < 4.78 is 1.81. The van der Waals surface area contributed by atoms with E-state index in [0.29, 0.717) is 5.92 Å². The maximum atomic E-state index is 9.48. The third-order valence-electron chi connectivity index (χ3n) is 4.64. The molecule has 0 saturated carbocycles. The normalized spacial score (nSPS) is 17.9. The summed E-state index contributed by atoms with van der Waals surface area (Å²) in [5.41, 5.74) is 2.31. The van der Waals surface area contributed by atoms with Crippen molar-refractivity contribution in [2.45, 2.75) is 32.4 Å².